The number of benzene rings is 2. The Kier molecular flexibility index (Phi) is 5.04. The maximum atomic E-state index is 12.9. The Morgan fingerprint density at radius 3 is 2.86 bits per heavy atom. The van der Waals surface area contributed by atoms with Gasteiger partial charge in [-0.2, -0.15) is 0 Å². The van der Waals surface area contributed by atoms with Crippen LogP contribution in [-0.2, 0) is 11.2 Å². The molecular formula is C23H28N4OS. The van der Waals surface area contributed by atoms with Crippen LogP contribution in [0.4, 0.5) is 17.1 Å². The lowest BCUT2D eigenvalue weighted by atomic mass is 10.0. The van der Waals surface area contributed by atoms with Crippen LogP contribution >= 0.6 is 11.8 Å². The van der Waals surface area contributed by atoms with Crippen molar-refractivity contribution >= 4 is 34.7 Å². The van der Waals surface area contributed by atoms with Crippen molar-refractivity contribution in [1.82, 2.24) is 5.32 Å². The minimum Gasteiger partial charge on any atom is -0.385 e. The predicted octanol–water partition coefficient (Wildman–Crippen LogP) is 4.60. The molecule has 1 saturated carbocycles. The quantitative estimate of drug-likeness (QED) is 0.774. The maximum absolute atomic E-state index is 12.9. The molecule has 1 fully saturated rings. The van der Waals surface area contributed by atoms with Crippen molar-refractivity contribution in [3.8, 4) is 0 Å². The van der Waals surface area contributed by atoms with Crippen LogP contribution in [0, 0.1) is 5.92 Å². The van der Waals surface area contributed by atoms with Crippen LogP contribution in [0.25, 0.3) is 0 Å². The van der Waals surface area contributed by atoms with Crippen LogP contribution in [0.1, 0.15) is 37.7 Å². The topological polar surface area (TPSA) is 47.6 Å². The van der Waals surface area contributed by atoms with E-state index in [0.29, 0.717) is 0 Å². The lowest BCUT2D eigenvalue weighted by molar-refractivity contribution is -0.124. The van der Waals surface area contributed by atoms with Gasteiger partial charge in [0.15, 0.2) is 5.50 Å². The lowest BCUT2D eigenvalue weighted by Crippen LogP contribution is -2.52. The van der Waals surface area contributed by atoms with Crippen LogP contribution in [0.15, 0.2) is 47.4 Å². The summed E-state index contributed by atoms with van der Waals surface area (Å²) in [5.74, 6) is 0.363. The van der Waals surface area contributed by atoms with Gasteiger partial charge in [-0.15, -0.1) is 0 Å². The van der Waals surface area contributed by atoms with Crippen LogP contribution in [0.3, 0.4) is 0 Å². The number of hydrazine groups is 1. The molecule has 2 N–H and O–H groups in total. The molecule has 1 unspecified atom stereocenters. The molecule has 2 heterocycles. The number of para-hydroxylation sites is 1. The average molecular weight is 409 g/mol. The summed E-state index contributed by atoms with van der Waals surface area (Å²) in [6.07, 6.45) is 6.65. The van der Waals surface area contributed by atoms with Crippen molar-refractivity contribution in [2.75, 3.05) is 28.9 Å². The smallest absolute Gasteiger partial charge is 0.225 e. The van der Waals surface area contributed by atoms with E-state index in [1.165, 1.54) is 35.4 Å². The van der Waals surface area contributed by atoms with Crippen molar-refractivity contribution in [3.63, 3.8) is 0 Å². The summed E-state index contributed by atoms with van der Waals surface area (Å²) in [5, 5.41) is 11.2. The normalized spacial score (nSPS) is 20.7. The zero-order chi connectivity index (χ0) is 19.8. The molecule has 0 spiro atoms. The van der Waals surface area contributed by atoms with E-state index in [9.17, 15) is 4.79 Å². The average Bonchev–Trinajstić information content (AvgIpc) is 3.41. The second-order valence-electron chi connectivity index (χ2n) is 8.17. The number of carbonyl (C=O) groups excluding carboxylic acids is 1. The molecule has 0 saturated heterocycles. The molecule has 152 valence electrons. The van der Waals surface area contributed by atoms with Gasteiger partial charge in [0.05, 0.1) is 11.4 Å². The van der Waals surface area contributed by atoms with Crippen molar-refractivity contribution in [2.45, 2.75) is 48.9 Å². The minimum absolute atomic E-state index is 0.125. The van der Waals surface area contributed by atoms with E-state index in [2.05, 4.69) is 70.2 Å². The number of thioether (sulfide) groups is 1. The summed E-state index contributed by atoms with van der Waals surface area (Å²) < 4.78 is 0. The largest absolute Gasteiger partial charge is 0.385 e. The highest BCUT2D eigenvalue weighted by molar-refractivity contribution is 8.00. The number of carbonyl (C=O) groups is 1. The highest BCUT2D eigenvalue weighted by Gasteiger charge is 2.36. The molecule has 3 aliphatic rings. The van der Waals surface area contributed by atoms with Crippen molar-refractivity contribution in [3.05, 3.63) is 48.0 Å². The van der Waals surface area contributed by atoms with Gasteiger partial charge in [0, 0.05) is 30.1 Å². The first-order valence-electron chi connectivity index (χ1n) is 10.7. The van der Waals surface area contributed by atoms with E-state index >= 15 is 0 Å². The van der Waals surface area contributed by atoms with Gasteiger partial charge in [0.25, 0.3) is 0 Å². The number of hydrogen-bond acceptors (Lipinski definition) is 5. The Hall–Kier alpha value is -2.34. The van der Waals surface area contributed by atoms with Crippen LogP contribution in [0.2, 0.25) is 0 Å². The van der Waals surface area contributed by atoms with Gasteiger partial charge in [0.2, 0.25) is 5.91 Å². The summed E-state index contributed by atoms with van der Waals surface area (Å²) in [5.41, 5.74) is 4.78. The summed E-state index contributed by atoms with van der Waals surface area (Å²) in [6, 6.07) is 15.0. The third-order valence-corrected chi connectivity index (χ3v) is 7.43. The Balaban J connectivity index is 1.43. The number of amides is 1. The SMILES string of the molecule is CN(c1ccc2c(c1)CCCN2)N1c2ccccc2SC1NC(=O)C1CCCC1. The summed E-state index contributed by atoms with van der Waals surface area (Å²) in [7, 11) is 2.09. The lowest BCUT2D eigenvalue weighted by Gasteiger charge is -2.37. The number of hydrogen-bond donors (Lipinski definition) is 2. The molecule has 5 rings (SSSR count). The number of fused-ring (bicyclic) bond motifs is 2. The van der Waals surface area contributed by atoms with Crippen LogP contribution in [-0.4, -0.2) is 25.0 Å². The molecule has 5 nitrogen and oxygen atoms in total. The minimum atomic E-state index is -0.125. The molecule has 2 aliphatic heterocycles. The molecule has 2 aromatic carbocycles. The van der Waals surface area contributed by atoms with E-state index < -0.39 is 0 Å². The molecule has 0 bridgehead atoms. The summed E-state index contributed by atoms with van der Waals surface area (Å²) in [4.78, 5) is 14.1. The number of anilines is 3. The molecule has 6 heteroatoms. The Bertz CT molecular complexity index is 912. The molecule has 1 atom stereocenters. The molecule has 1 amide bonds. The Morgan fingerprint density at radius 1 is 1.17 bits per heavy atom. The fourth-order valence-corrected chi connectivity index (χ4v) is 5.88. The second-order valence-corrected chi connectivity index (χ2v) is 9.29. The zero-order valence-electron chi connectivity index (χ0n) is 16.9. The van der Waals surface area contributed by atoms with Crippen molar-refractivity contribution in [2.24, 2.45) is 5.92 Å². The first-order valence-corrected chi connectivity index (χ1v) is 11.5. The molecular weight excluding hydrogens is 380 g/mol. The number of aryl methyl sites for hydroxylation is 1. The molecule has 1 aliphatic carbocycles. The highest BCUT2D eigenvalue weighted by Crippen LogP contribution is 2.44. The van der Waals surface area contributed by atoms with Crippen LogP contribution < -0.4 is 20.7 Å². The summed E-state index contributed by atoms with van der Waals surface area (Å²) in [6.45, 7) is 1.05. The Labute approximate surface area is 176 Å². The molecule has 0 aromatic heterocycles. The van der Waals surface area contributed by atoms with Gasteiger partial charge >= 0.3 is 0 Å². The fraction of sp³-hybridized carbons (Fsp3) is 0.435. The number of nitrogens with one attached hydrogen (secondary N) is 2. The zero-order valence-corrected chi connectivity index (χ0v) is 17.7. The molecule has 29 heavy (non-hydrogen) atoms. The van der Waals surface area contributed by atoms with Gasteiger partial charge in [-0.3, -0.25) is 14.8 Å². The monoisotopic (exact) mass is 408 g/mol. The highest BCUT2D eigenvalue weighted by atomic mass is 32.2. The van der Waals surface area contributed by atoms with E-state index in [4.69, 9.17) is 0 Å². The first-order chi connectivity index (χ1) is 14.2. The number of rotatable bonds is 4. The van der Waals surface area contributed by atoms with E-state index in [1.54, 1.807) is 11.8 Å². The van der Waals surface area contributed by atoms with Crippen LogP contribution in [0.5, 0.6) is 0 Å². The van der Waals surface area contributed by atoms with E-state index in [0.717, 1.165) is 37.2 Å². The maximum Gasteiger partial charge on any atom is 0.225 e. The predicted molar refractivity (Wildman–Crippen MR) is 120 cm³/mol. The second kappa shape index (κ2) is 7.82. The number of nitrogens with zero attached hydrogens (tertiary/aromatic N) is 2. The van der Waals surface area contributed by atoms with Gasteiger partial charge in [-0.1, -0.05) is 36.7 Å². The van der Waals surface area contributed by atoms with Gasteiger partial charge < -0.3 is 10.6 Å². The Morgan fingerprint density at radius 2 is 2.00 bits per heavy atom. The van der Waals surface area contributed by atoms with Crippen molar-refractivity contribution in [1.29, 1.82) is 0 Å². The van der Waals surface area contributed by atoms with Gasteiger partial charge in [0.1, 0.15) is 0 Å². The molecule has 0 radical (unpaired) electrons. The first kappa shape index (κ1) is 18.7. The van der Waals surface area contributed by atoms with Crippen molar-refractivity contribution < 1.29 is 4.79 Å². The third kappa shape index (κ3) is 3.54. The fourth-order valence-electron chi connectivity index (χ4n) is 4.67. The third-order valence-electron chi connectivity index (χ3n) is 6.29. The van der Waals surface area contributed by atoms with E-state index in [-0.39, 0.29) is 17.3 Å². The molecule has 2 aromatic rings. The van der Waals surface area contributed by atoms with Gasteiger partial charge in [-0.25, -0.2) is 0 Å². The summed E-state index contributed by atoms with van der Waals surface area (Å²) >= 11 is 1.72. The van der Waals surface area contributed by atoms with E-state index in [1.807, 2.05) is 0 Å². The van der Waals surface area contributed by atoms with Gasteiger partial charge in [-0.05, 0) is 61.6 Å². The standard InChI is InChI=1S/C23H28N4OS/c1-26(18-12-13-19-17(15-18)9-6-14-24-19)27-20-10-4-5-11-21(20)29-23(27)25-22(28)16-7-2-3-8-16/h4-5,10-13,15-16,23-24H,2-3,6-9,14H2,1H3,(H,25,28).